The molecule has 1 amide bonds. The zero-order valence-electron chi connectivity index (χ0n) is 14.9. The van der Waals surface area contributed by atoms with E-state index >= 15 is 0 Å². The summed E-state index contributed by atoms with van der Waals surface area (Å²) in [4.78, 5) is 29.4. The molecule has 0 aliphatic heterocycles. The highest BCUT2D eigenvalue weighted by atomic mass is 16.5. The number of aromatic nitrogens is 1. The van der Waals surface area contributed by atoms with Gasteiger partial charge >= 0.3 is 5.97 Å². The lowest BCUT2D eigenvalue weighted by Crippen LogP contribution is -2.30. The van der Waals surface area contributed by atoms with Crippen LogP contribution in [-0.2, 0) is 9.53 Å². The Hall–Kier alpha value is -3.72. The van der Waals surface area contributed by atoms with Crippen molar-refractivity contribution in [3.05, 3.63) is 71.4 Å². The largest absolute Gasteiger partial charge is 0.449 e. The van der Waals surface area contributed by atoms with Gasteiger partial charge in [0.15, 0.2) is 6.10 Å². The Balaban J connectivity index is 1.78. The van der Waals surface area contributed by atoms with Crippen LogP contribution in [0.1, 0.15) is 28.5 Å². The van der Waals surface area contributed by atoms with Gasteiger partial charge in [0.2, 0.25) is 0 Å². The lowest BCUT2D eigenvalue weighted by Gasteiger charge is -2.15. The van der Waals surface area contributed by atoms with E-state index in [4.69, 9.17) is 10.00 Å². The van der Waals surface area contributed by atoms with Crippen molar-refractivity contribution in [1.29, 1.82) is 5.26 Å². The molecule has 0 saturated carbocycles. The highest BCUT2D eigenvalue weighted by molar-refractivity contribution is 6.05. The molecule has 0 bridgehead atoms. The topological polar surface area (TPSA) is 92.1 Å². The van der Waals surface area contributed by atoms with E-state index in [9.17, 15) is 9.59 Å². The van der Waals surface area contributed by atoms with Crippen molar-refractivity contribution in [1.82, 2.24) is 4.98 Å². The van der Waals surface area contributed by atoms with Crippen LogP contribution < -0.4 is 5.32 Å². The number of hydrogen-bond acceptors (Lipinski definition) is 5. The van der Waals surface area contributed by atoms with Gasteiger partial charge < -0.3 is 10.1 Å². The van der Waals surface area contributed by atoms with Gasteiger partial charge in [-0.2, -0.15) is 5.26 Å². The summed E-state index contributed by atoms with van der Waals surface area (Å²) >= 11 is 0. The number of pyridine rings is 1. The SMILES string of the molecule is Cc1cc(C(=O)O[C@@H](C)C(=O)Nc2ccccc2C#N)c2ccccc2n1. The molecule has 0 spiro atoms. The number of esters is 1. The van der Waals surface area contributed by atoms with E-state index < -0.39 is 18.0 Å². The summed E-state index contributed by atoms with van der Waals surface area (Å²) in [5.74, 6) is -1.12. The zero-order chi connectivity index (χ0) is 19.4. The predicted molar refractivity (Wildman–Crippen MR) is 101 cm³/mol. The van der Waals surface area contributed by atoms with Gasteiger partial charge in [0.25, 0.3) is 5.91 Å². The molecule has 0 aliphatic carbocycles. The molecule has 6 heteroatoms. The Morgan fingerprint density at radius 2 is 1.85 bits per heavy atom. The van der Waals surface area contributed by atoms with Crippen molar-refractivity contribution in [2.75, 3.05) is 5.32 Å². The van der Waals surface area contributed by atoms with Crippen molar-refractivity contribution in [2.45, 2.75) is 20.0 Å². The summed E-state index contributed by atoms with van der Waals surface area (Å²) in [5.41, 5.74) is 2.43. The maximum atomic E-state index is 12.6. The Bertz CT molecular complexity index is 1070. The summed E-state index contributed by atoms with van der Waals surface area (Å²) in [7, 11) is 0. The first-order chi connectivity index (χ1) is 13.0. The summed E-state index contributed by atoms with van der Waals surface area (Å²) in [5, 5.41) is 12.4. The van der Waals surface area contributed by atoms with Gasteiger partial charge in [-0.1, -0.05) is 30.3 Å². The molecule has 0 radical (unpaired) electrons. The number of aryl methyl sites for hydroxylation is 1. The molecule has 1 heterocycles. The number of hydrogen-bond donors (Lipinski definition) is 1. The number of nitrogens with one attached hydrogen (secondary N) is 1. The molecule has 0 unspecified atom stereocenters. The Labute approximate surface area is 156 Å². The number of fused-ring (bicyclic) bond motifs is 1. The third-order valence-corrected chi connectivity index (χ3v) is 4.02. The number of amides is 1. The number of para-hydroxylation sites is 2. The van der Waals surface area contributed by atoms with Crippen molar-refractivity contribution in [2.24, 2.45) is 0 Å². The van der Waals surface area contributed by atoms with E-state index in [2.05, 4.69) is 10.3 Å². The summed E-state index contributed by atoms with van der Waals surface area (Å²) in [6, 6.07) is 17.5. The molecule has 0 fully saturated rings. The molecule has 3 aromatic rings. The number of anilines is 1. The predicted octanol–water partition coefficient (Wildman–Crippen LogP) is 3.60. The Kier molecular flexibility index (Phi) is 5.13. The van der Waals surface area contributed by atoms with Crippen LogP contribution in [0.2, 0.25) is 0 Å². The molecule has 1 aromatic heterocycles. The van der Waals surface area contributed by atoms with Gasteiger partial charge in [0.1, 0.15) is 6.07 Å². The molecule has 2 aromatic carbocycles. The van der Waals surface area contributed by atoms with Crippen LogP contribution in [0.15, 0.2) is 54.6 Å². The second-order valence-electron chi connectivity index (χ2n) is 6.02. The van der Waals surface area contributed by atoms with Gasteiger partial charge in [-0.25, -0.2) is 4.79 Å². The second kappa shape index (κ2) is 7.67. The highest BCUT2D eigenvalue weighted by Gasteiger charge is 2.21. The number of benzene rings is 2. The maximum absolute atomic E-state index is 12.6. The van der Waals surface area contributed by atoms with E-state index in [-0.39, 0.29) is 0 Å². The van der Waals surface area contributed by atoms with Gasteiger partial charge in [-0.15, -0.1) is 0 Å². The monoisotopic (exact) mass is 359 g/mol. The minimum Gasteiger partial charge on any atom is -0.449 e. The summed E-state index contributed by atoms with van der Waals surface area (Å²) in [6.07, 6.45) is -1.03. The molecule has 27 heavy (non-hydrogen) atoms. The smallest absolute Gasteiger partial charge is 0.339 e. The molecule has 1 atom stereocenters. The number of rotatable bonds is 4. The normalized spacial score (nSPS) is 11.4. The van der Waals surface area contributed by atoms with Crippen LogP contribution in [0.25, 0.3) is 10.9 Å². The number of nitriles is 1. The number of carbonyl (C=O) groups excluding carboxylic acids is 2. The fraction of sp³-hybridized carbons (Fsp3) is 0.143. The number of ether oxygens (including phenoxy) is 1. The van der Waals surface area contributed by atoms with E-state index in [0.29, 0.717) is 33.4 Å². The first kappa shape index (κ1) is 18.1. The van der Waals surface area contributed by atoms with Crippen LogP contribution >= 0.6 is 0 Å². The second-order valence-corrected chi connectivity index (χ2v) is 6.02. The van der Waals surface area contributed by atoms with E-state index in [0.717, 1.165) is 0 Å². The Morgan fingerprint density at radius 3 is 2.63 bits per heavy atom. The summed E-state index contributed by atoms with van der Waals surface area (Å²) < 4.78 is 5.35. The minimum absolute atomic E-state index is 0.333. The average molecular weight is 359 g/mol. The van der Waals surface area contributed by atoms with Crippen molar-refractivity contribution in [3.8, 4) is 6.07 Å². The van der Waals surface area contributed by atoms with Gasteiger partial charge in [0.05, 0.1) is 22.3 Å². The lowest BCUT2D eigenvalue weighted by molar-refractivity contribution is -0.123. The molecule has 134 valence electrons. The molecule has 0 aliphatic rings. The van der Waals surface area contributed by atoms with E-state index in [1.54, 1.807) is 43.3 Å². The molecule has 1 N–H and O–H groups in total. The van der Waals surface area contributed by atoms with E-state index in [1.807, 2.05) is 24.3 Å². The van der Waals surface area contributed by atoms with Crippen molar-refractivity contribution < 1.29 is 14.3 Å². The lowest BCUT2D eigenvalue weighted by atomic mass is 10.1. The van der Waals surface area contributed by atoms with Crippen LogP contribution in [0, 0.1) is 18.3 Å². The molecule has 6 nitrogen and oxygen atoms in total. The fourth-order valence-electron chi connectivity index (χ4n) is 2.68. The number of carbonyl (C=O) groups is 2. The highest BCUT2D eigenvalue weighted by Crippen LogP contribution is 2.20. The van der Waals surface area contributed by atoms with Crippen LogP contribution in [0.5, 0.6) is 0 Å². The third-order valence-electron chi connectivity index (χ3n) is 4.02. The van der Waals surface area contributed by atoms with Crippen LogP contribution in [0.4, 0.5) is 5.69 Å². The Morgan fingerprint density at radius 1 is 1.15 bits per heavy atom. The number of nitrogens with zero attached hydrogens (tertiary/aromatic N) is 2. The first-order valence-corrected chi connectivity index (χ1v) is 8.37. The molecular weight excluding hydrogens is 342 g/mol. The van der Waals surface area contributed by atoms with Crippen molar-refractivity contribution in [3.63, 3.8) is 0 Å². The third kappa shape index (κ3) is 3.93. The molecule has 0 saturated heterocycles. The van der Waals surface area contributed by atoms with Gasteiger partial charge in [0, 0.05) is 11.1 Å². The van der Waals surface area contributed by atoms with Crippen LogP contribution in [0.3, 0.4) is 0 Å². The minimum atomic E-state index is -1.03. The van der Waals surface area contributed by atoms with Crippen LogP contribution in [-0.4, -0.2) is 23.0 Å². The standard InChI is InChI=1S/C21H17N3O3/c1-13-11-17(16-8-4-6-10-19(16)23-13)21(26)27-14(2)20(25)24-18-9-5-3-7-15(18)12-22/h3-11,14H,1-2H3,(H,24,25)/t14-/m0/s1. The first-order valence-electron chi connectivity index (χ1n) is 8.37. The quantitative estimate of drug-likeness (QED) is 0.719. The molecule has 3 rings (SSSR count). The molecular formula is C21H17N3O3. The van der Waals surface area contributed by atoms with Gasteiger partial charge in [-0.05, 0) is 38.1 Å². The van der Waals surface area contributed by atoms with E-state index in [1.165, 1.54) is 6.92 Å². The average Bonchev–Trinajstić information content (AvgIpc) is 2.67. The van der Waals surface area contributed by atoms with Crippen molar-refractivity contribution >= 4 is 28.5 Å². The fourth-order valence-corrected chi connectivity index (χ4v) is 2.68. The summed E-state index contributed by atoms with van der Waals surface area (Å²) in [6.45, 7) is 3.27. The maximum Gasteiger partial charge on any atom is 0.339 e. The van der Waals surface area contributed by atoms with Gasteiger partial charge in [-0.3, -0.25) is 9.78 Å². The zero-order valence-corrected chi connectivity index (χ0v) is 14.9.